The predicted molar refractivity (Wildman–Crippen MR) is 158 cm³/mol. The Morgan fingerprint density at radius 1 is 0.667 bits per heavy atom. The summed E-state index contributed by atoms with van der Waals surface area (Å²) in [6, 6.07) is -2.15. The zero-order valence-corrected chi connectivity index (χ0v) is 28.2. The summed E-state index contributed by atoms with van der Waals surface area (Å²) < 4.78 is 70.6. The maximum absolute atomic E-state index is 11.8. The number of nitrogens with one attached hydrogen (secondary N) is 1. The highest BCUT2D eigenvalue weighted by Crippen LogP contribution is 2.39. The van der Waals surface area contributed by atoms with E-state index in [0.717, 1.165) is 0 Å². The molecule has 45 heavy (non-hydrogen) atoms. The molecule has 266 valence electrons. The minimum Gasteiger partial charge on any atom is -0.396 e. The van der Waals surface area contributed by atoms with Crippen molar-refractivity contribution in [2.24, 2.45) is 11.7 Å². The number of ether oxygens (including phenoxy) is 12. The van der Waals surface area contributed by atoms with Gasteiger partial charge in [-0.05, 0) is 6.92 Å². The first-order valence-corrected chi connectivity index (χ1v) is 15.1. The predicted octanol–water partition coefficient (Wildman–Crippen LogP) is -2.12. The second-order valence-corrected chi connectivity index (χ2v) is 11.7. The second-order valence-electron chi connectivity index (χ2n) is 11.7. The molecule has 0 radical (unpaired) electrons. The lowest BCUT2D eigenvalue weighted by molar-refractivity contribution is -0.355. The summed E-state index contributed by atoms with van der Waals surface area (Å²) in [7, 11) is 13.8. The van der Waals surface area contributed by atoms with E-state index < -0.39 is 97.2 Å². The molecule has 5 N–H and O–H groups in total. The fraction of sp³-hybridized carbons (Fsp3) is 1.00. The van der Waals surface area contributed by atoms with Crippen LogP contribution in [0, 0.1) is 5.92 Å². The van der Waals surface area contributed by atoms with Gasteiger partial charge in [0.05, 0.1) is 50.2 Å². The Morgan fingerprint density at radius 2 is 1.22 bits per heavy atom. The average Bonchev–Trinajstić information content (AvgIpc) is 3.04. The maximum atomic E-state index is 11.8. The first kappa shape index (κ1) is 38.8. The molecule has 2 aliphatic heterocycles. The fourth-order valence-electron chi connectivity index (χ4n) is 7.24. The van der Waals surface area contributed by atoms with Gasteiger partial charge in [0.2, 0.25) is 0 Å². The lowest BCUT2D eigenvalue weighted by Gasteiger charge is -2.55. The molecule has 0 amide bonds. The Labute approximate surface area is 266 Å². The van der Waals surface area contributed by atoms with Crippen LogP contribution in [0.25, 0.3) is 0 Å². The zero-order chi connectivity index (χ0) is 33.5. The number of hydrogen-bond acceptors (Lipinski definition) is 16. The molecule has 1 saturated carbocycles. The summed E-state index contributed by atoms with van der Waals surface area (Å²) in [5.74, 6) is -0.775. The molecule has 3 rings (SSSR count). The quantitative estimate of drug-likeness (QED) is 0.141. The van der Waals surface area contributed by atoms with E-state index in [0.29, 0.717) is 0 Å². The minimum atomic E-state index is -1.64. The molecular weight excluding hydrogens is 600 g/mol. The third-order valence-electron chi connectivity index (χ3n) is 9.52. The van der Waals surface area contributed by atoms with Crippen LogP contribution < -0.4 is 11.1 Å². The molecule has 16 atom stereocenters. The number of rotatable bonds is 16. The molecule has 7 unspecified atom stereocenters. The van der Waals surface area contributed by atoms with Crippen LogP contribution in [0.5, 0.6) is 0 Å². The van der Waals surface area contributed by atoms with E-state index in [9.17, 15) is 10.2 Å². The van der Waals surface area contributed by atoms with Gasteiger partial charge in [0.15, 0.2) is 12.6 Å². The number of aliphatic hydroxyl groups is 2. The van der Waals surface area contributed by atoms with Crippen LogP contribution in [0.2, 0.25) is 0 Å². The van der Waals surface area contributed by atoms with Crippen molar-refractivity contribution in [1.82, 2.24) is 5.32 Å². The Hall–Kier alpha value is -0.640. The molecule has 0 aromatic carbocycles. The first-order valence-electron chi connectivity index (χ1n) is 15.1. The van der Waals surface area contributed by atoms with Crippen molar-refractivity contribution in [2.45, 2.75) is 98.2 Å². The van der Waals surface area contributed by atoms with Crippen molar-refractivity contribution in [3.63, 3.8) is 0 Å². The van der Waals surface area contributed by atoms with Crippen molar-refractivity contribution < 1.29 is 67.1 Å². The van der Waals surface area contributed by atoms with Crippen LogP contribution >= 0.6 is 0 Å². The molecule has 1 aliphatic carbocycles. The van der Waals surface area contributed by atoms with Gasteiger partial charge in [-0.15, -0.1) is 0 Å². The molecule has 3 fully saturated rings. The van der Waals surface area contributed by atoms with Gasteiger partial charge in [-0.1, -0.05) is 0 Å². The molecule has 2 heterocycles. The van der Waals surface area contributed by atoms with E-state index in [4.69, 9.17) is 62.6 Å². The van der Waals surface area contributed by atoms with Crippen LogP contribution in [0.15, 0.2) is 0 Å². The van der Waals surface area contributed by atoms with Crippen molar-refractivity contribution in [1.29, 1.82) is 0 Å². The standard InChI is InChI=1S/C29H56N2O14/c1-14-17(31-18-22(38-6)19(36-4)15(11-32)29(33,13-35-3)26(18)30)21(37-5)24(40-8)28(43-14)45-20-16(12-34-2)44-27(42-10)25(41-9)23(20)39-7/h14-28,31-33H,11-13,30H2,1-10H3/t14?,15-,16?,17+,18+,19+,20+,21+,22?,23+,24?,25?,26?,27-,28+,29?/m1/s1. The smallest absolute Gasteiger partial charge is 0.187 e. The third kappa shape index (κ3) is 7.67. The van der Waals surface area contributed by atoms with Gasteiger partial charge in [-0.3, -0.25) is 0 Å². The van der Waals surface area contributed by atoms with Crippen molar-refractivity contribution in [3.05, 3.63) is 0 Å². The lowest BCUT2D eigenvalue weighted by atomic mass is 9.67. The van der Waals surface area contributed by atoms with Gasteiger partial charge >= 0.3 is 0 Å². The summed E-state index contributed by atoms with van der Waals surface area (Å²) in [6.45, 7) is 1.54. The molecule has 16 nitrogen and oxygen atoms in total. The fourth-order valence-corrected chi connectivity index (χ4v) is 7.24. The molecule has 2 saturated heterocycles. The third-order valence-corrected chi connectivity index (χ3v) is 9.52. The Balaban J connectivity index is 1.92. The summed E-state index contributed by atoms with van der Waals surface area (Å²) in [6.07, 6.45) is -7.40. The average molecular weight is 657 g/mol. The number of methoxy groups -OCH3 is 9. The van der Waals surface area contributed by atoms with Crippen LogP contribution in [0.3, 0.4) is 0 Å². The maximum Gasteiger partial charge on any atom is 0.187 e. The van der Waals surface area contributed by atoms with Gasteiger partial charge in [-0.2, -0.15) is 0 Å². The van der Waals surface area contributed by atoms with Crippen molar-refractivity contribution in [2.75, 3.05) is 83.8 Å². The van der Waals surface area contributed by atoms with Crippen LogP contribution in [0.1, 0.15) is 6.92 Å². The molecule has 0 aromatic heterocycles. The van der Waals surface area contributed by atoms with E-state index >= 15 is 0 Å². The molecule has 0 aromatic rings. The minimum absolute atomic E-state index is 0.131. The summed E-state index contributed by atoms with van der Waals surface area (Å²) in [5, 5.41) is 25.6. The molecule has 16 heteroatoms. The first-order chi connectivity index (χ1) is 21.6. The van der Waals surface area contributed by atoms with Crippen molar-refractivity contribution in [3.8, 4) is 0 Å². The molecule has 0 spiro atoms. The van der Waals surface area contributed by atoms with Crippen molar-refractivity contribution >= 4 is 0 Å². The SMILES string of the molecule is COCC1O[C@@H](OC)C(OC)[C@@H](OC)[C@H]1O[C@@H]1OC(C)[C@H](N[C@H]2C(OC)[C@@H](OC)[C@@H](CO)C(O)(COC)C2N)[C@H](OC)C1OC. The highest BCUT2D eigenvalue weighted by atomic mass is 16.8. The molecular formula is C29H56N2O14. The second kappa shape index (κ2) is 17.7. The van der Waals surface area contributed by atoms with Crippen LogP contribution in [-0.4, -0.2) is 185 Å². The summed E-state index contributed by atoms with van der Waals surface area (Å²) in [4.78, 5) is 0. The summed E-state index contributed by atoms with van der Waals surface area (Å²) in [5.41, 5.74) is 5.10. The Kier molecular flexibility index (Phi) is 15.2. The monoisotopic (exact) mass is 656 g/mol. The zero-order valence-electron chi connectivity index (χ0n) is 28.2. The number of hydrogen-bond donors (Lipinski definition) is 4. The number of aliphatic hydroxyl groups excluding tert-OH is 1. The van der Waals surface area contributed by atoms with E-state index in [-0.39, 0.29) is 19.8 Å². The van der Waals surface area contributed by atoms with Gasteiger partial charge in [0.1, 0.15) is 48.3 Å². The van der Waals surface area contributed by atoms with Gasteiger partial charge in [0.25, 0.3) is 0 Å². The van der Waals surface area contributed by atoms with Crippen LogP contribution in [0.4, 0.5) is 0 Å². The van der Waals surface area contributed by atoms with E-state index in [1.807, 2.05) is 6.92 Å². The molecule has 3 aliphatic rings. The summed E-state index contributed by atoms with van der Waals surface area (Å²) >= 11 is 0. The Bertz CT molecular complexity index is 864. The molecule has 0 bridgehead atoms. The Morgan fingerprint density at radius 3 is 1.71 bits per heavy atom. The van der Waals surface area contributed by atoms with Crippen LogP contribution in [-0.2, 0) is 56.8 Å². The van der Waals surface area contributed by atoms with Gasteiger partial charge in [-0.25, -0.2) is 0 Å². The van der Waals surface area contributed by atoms with E-state index in [2.05, 4.69) is 5.32 Å². The van der Waals surface area contributed by atoms with E-state index in [1.54, 1.807) is 28.4 Å². The normalized spacial score (nSPS) is 45.9. The number of nitrogens with two attached hydrogens (primary N) is 1. The largest absolute Gasteiger partial charge is 0.396 e. The highest BCUT2D eigenvalue weighted by Gasteiger charge is 2.60. The van der Waals surface area contributed by atoms with Gasteiger partial charge < -0.3 is 78.1 Å². The lowest BCUT2D eigenvalue weighted by Crippen LogP contribution is -2.79. The van der Waals surface area contributed by atoms with Gasteiger partial charge in [0, 0.05) is 69.9 Å². The topological polar surface area (TPSA) is 189 Å². The highest BCUT2D eigenvalue weighted by molar-refractivity contribution is 5.14. The van der Waals surface area contributed by atoms with E-state index in [1.165, 1.54) is 35.5 Å².